The first-order chi connectivity index (χ1) is 14.0. The third-order valence-corrected chi connectivity index (χ3v) is 8.06. The van der Waals surface area contributed by atoms with Crippen LogP contribution in [0.4, 0.5) is 10.9 Å². The molecule has 2 aromatic heterocycles. The Morgan fingerprint density at radius 2 is 1.79 bits per heavy atom. The third kappa shape index (κ3) is 4.89. The highest BCUT2D eigenvalue weighted by Gasteiger charge is 2.21. The van der Waals surface area contributed by atoms with Gasteiger partial charge in [0.25, 0.3) is 10.0 Å². The molecule has 3 heterocycles. The molecule has 4 bridgehead atoms. The summed E-state index contributed by atoms with van der Waals surface area (Å²) in [6, 6.07) is 13.2. The van der Waals surface area contributed by atoms with Gasteiger partial charge in [-0.05, 0) is 59.5 Å². The fourth-order valence-electron chi connectivity index (χ4n) is 3.32. The van der Waals surface area contributed by atoms with Crippen molar-refractivity contribution >= 4 is 54.9 Å². The number of aromatic nitrogens is 2. The van der Waals surface area contributed by atoms with E-state index in [1.165, 1.54) is 23.0 Å². The Kier molecular flexibility index (Phi) is 6.35. The quantitative estimate of drug-likeness (QED) is 0.386. The normalized spacial score (nSPS) is 16.7. The first kappa shape index (κ1) is 20.5. The molecule has 0 spiro atoms. The molecule has 0 fully saturated rings. The summed E-state index contributed by atoms with van der Waals surface area (Å²) < 4.78 is 29.2. The zero-order chi connectivity index (χ0) is 20.3. The summed E-state index contributed by atoms with van der Waals surface area (Å²) in [7, 11) is -3.81. The van der Waals surface area contributed by atoms with E-state index in [0.29, 0.717) is 10.9 Å². The molecule has 0 aliphatic carbocycles. The first-order valence-corrected chi connectivity index (χ1v) is 12.9. The number of nitrogens with zero attached hydrogens (tertiary/aromatic N) is 2. The third-order valence-electron chi connectivity index (χ3n) is 4.76. The molecule has 1 aliphatic rings. The van der Waals surface area contributed by atoms with Crippen LogP contribution in [-0.2, 0) is 16.4 Å². The van der Waals surface area contributed by atoms with E-state index in [1.807, 2.05) is 12.1 Å². The van der Waals surface area contributed by atoms with Crippen LogP contribution in [0, 0.1) is 2.88 Å². The van der Waals surface area contributed by atoms with Crippen molar-refractivity contribution < 1.29 is 8.42 Å². The highest BCUT2D eigenvalue weighted by atomic mass is 127. The number of anilines is 2. The van der Waals surface area contributed by atoms with E-state index in [1.54, 1.807) is 12.1 Å². The predicted octanol–water partition coefficient (Wildman–Crippen LogP) is 5.14. The lowest BCUT2D eigenvalue weighted by atomic mass is 9.99. The smallest absolute Gasteiger partial charge is 0.281 e. The first-order valence-electron chi connectivity index (χ1n) is 9.51. The number of nitrogens with one attached hydrogen (secondary N) is 2. The summed E-state index contributed by atoms with van der Waals surface area (Å²) in [6.07, 6.45) is 5.39. The molecular formula is C20H21IN4O2S2. The molecule has 6 nitrogen and oxygen atoms in total. The molecule has 0 saturated carbocycles. The van der Waals surface area contributed by atoms with Gasteiger partial charge in [0.2, 0.25) is 0 Å². The van der Waals surface area contributed by atoms with Gasteiger partial charge >= 0.3 is 0 Å². The van der Waals surface area contributed by atoms with Crippen molar-refractivity contribution in [2.24, 2.45) is 0 Å². The van der Waals surface area contributed by atoms with E-state index < -0.39 is 10.0 Å². The van der Waals surface area contributed by atoms with Gasteiger partial charge in [-0.25, -0.2) is 9.97 Å². The van der Waals surface area contributed by atoms with E-state index in [-0.39, 0.29) is 5.03 Å². The molecule has 1 aliphatic heterocycles. The number of benzene rings is 1. The molecule has 29 heavy (non-hydrogen) atoms. The van der Waals surface area contributed by atoms with Crippen LogP contribution in [0.1, 0.15) is 31.2 Å². The number of halogens is 1. The van der Waals surface area contributed by atoms with Gasteiger partial charge in [-0.1, -0.05) is 54.5 Å². The van der Waals surface area contributed by atoms with Crippen molar-refractivity contribution in [3.63, 3.8) is 0 Å². The van der Waals surface area contributed by atoms with Crippen molar-refractivity contribution in [1.82, 2.24) is 9.97 Å². The predicted molar refractivity (Wildman–Crippen MR) is 126 cm³/mol. The zero-order valence-corrected chi connectivity index (χ0v) is 19.5. The van der Waals surface area contributed by atoms with Gasteiger partial charge in [-0.15, -0.1) is 0 Å². The lowest BCUT2D eigenvalue weighted by Crippen LogP contribution is -2.15. The number of fused-ring (bicyclic) bond motifs is 6. The fraction of sp³-hybridized carbons (Fsp3) is 0.300. The van der Waals surface area contributed by atoms with Crippen molar-refractivity contribution in [3.05, 3.63) is 50.9 Å². The van der Waals surface area contributed by atoms with Crippen LogP contribution in [0.3, 0.4) is 0 Å². The number of pyridine rings is 1. The Bertz CT molecular complexity index is 1120. The van der Waals surface area contributed by atoms with Crippen molar-refractivity contribution in [2.75, 3.05) is 16.6 Å². The summed E-state index contributed by atoms with van der Waals surface area (Å²) in [6.45, 7) is 0.772. The largest absolute Gasteiger partial charge is 0.370 e. The summed E-state index contributed by atoms with van der Waals surface area (Å²) in [5.41, 5.74) is 3.15. The molecule has 4 rings (SSSR count). The molecule has 1 aromatic carbocycles. The van der Waals surface area contributed by atoms with Gasteiger partial charge in [0.05, 0.1) is 8.58 Å². The van der Waals surface area contributed by atoms with Crippen LogP contribution >= 0.6 is 33.9 Å². The van der Waals surface area contributed by atoms with Crippen LogP contribution in [0.2, 0.25) is 0 Å². The highest BCUT2D eigenvalue weighted by molar-refractivity contribution is 14.1. The van der Waals surface area contributed by atoms with Crippen molar-refractivity contribution in [2.45, 2.75) is 37.1 Å². The van der Waals surface area contributed by atoms with Gasteiger partial charge in [0.15, 0.2) is 10.2 Å². The second-order valence-electron chi connectivity index (χ2n) is 6.86. The molecular weight excluding hydrogens is 519 g/mol. The molecule has 9 heteroatoms. The molecule has 0 unspecified atom stereocenters. The molecule has 152 valence electrons. The molecule has 0 saturated heterocycles. The maximum Gasteiger partial charge on any atom is 0.281 e. The maximum absolute atomic E-state index is 12.8. The SMILES string of the molecule is O=S1(=O)Nc2nc(c(I)s2)-c2ccccc2CCCCCCNc2cccc1n2. The molecule has 0 radical (unpaired) electrons. The Labute approximate surface area is 188 Å². The van der Waals surface area contributed by atoms with Gasteiger partial charge in [-0.2, -0.15) is 8.42 Å². The zero-order valence-electron chi connectivity index (χ0n) is 15.7. The Morgan fingerprint density at radius 1 is 0.966 bits per heavy atom. The highest BCUT2D eigenvalue weighted by Crippen LogP contribution is 2.35. The van der Waals surface area contributed by atoms with Gasteiger partial charge in [0, 0.05) is 12.1 Å². The minimum Gasteiger partial charge on any atom is -0.370 e. The fourth-order valence-corrected chi connectivity index (χ4v) is 6.27. The summed E-state index contributed by atoms with van der Waals surface area (Å²) in [5.74, 6) is 0.569. The Morgan fingerprint density at radius 3 is 2.69 bits per heavy atom. The topological polar surface area (TPSA) is 84.0 Å². The maximum atomic E-state index is 12.8. The average Bonchev–Trinajstić information content (AvgIpc) is 3.06. The second kappa shape index (κ2) is 8.97. The van der Waals surface area contributed by atoms with Gasteiger partial charge in [0.1, 0.15) is 5.82 Å². The standard InChI is InChI=1S/C20H21IN4O2S2/c21-19-18-15-10-5-4-9-14(15)8-3-1-2-6-13-22-16-11-7-12-17(23-16)29(26,27)25-20(24-18)28-19/h4-5,7,9-12H,1-3,6,8,13H2,(H,22,23)(H,24,25). The van der Waals surface area contributed by atoms with E-state index in [2.05, 4.69) is 54.7 Å². The van der Waals surface area contributed by atoms with Crippen LogP contribution in [0.15, 0.2) is 47.5 Å². The molecule has 2 N–H and O–H groups in total. The molecule has 0 atom stereocenters. The van der Waals surface area contributed by atoms with Crippen molar-refractivity contribution in [3.8, 4) is 11.3 Å². The lowest BCUT2D eigenvalue weighted by molar-refractivity contribution is 0.597. The van der Waals surface area contributed by atoms with Gasteiger partial charge in [-0.3, -0.25) is 4.72 Å². The minimum absolute atomic E-state index is 0.0148. The van der Waals surface area contributed by atoms with E-state index in [9.17, 15) is 8.42 Å². The van der Waals surface area contributed by atoms with Crippen LogP contribution in [0.5, 0.6) is 0 Å². The number of hydrogen-bond donors (Lipinski definition) is 2. The van der Waals surface area contributed by atoms with Crippen LogP contribution < -0.4 is 10.0 Å². The number of rotatable bonds is 0. The number of thiazole rings is 1. The number of hydrogen-bond acceptors (Lipinski definition) is 6. The van der Waals surface area contributed by atoms with Crippen LogP contribution in [-0.4, -0.2) is 24.9 Å². The minimum atomic E-state index is -3.81. The summed E-state index contributed by atoms with van der Waals surface area (Å²) in [4.78, 5) is 8.88. The van der Waals surface area contributed by atoms with Crippen molar-refractivity contribution in [1.29, 1.82) is 0 Å². The number of sulfonamides is 1. The Balaban J connectivity index is 1.74. The van der Waals surface area contributed by atoms with E-state index in [4.69, 9.17) is 0 Å². The lowest BCUT2D eigenvalue weighted by Gasteiger charge is -2.09. The molecule has 3 aromatic rings. The van der Waals surface area contributed by atoms with Gasteiger partial charge < -0.3 is 5.32 Å². The Hall–Kier alpha value is -1.72. The average molecular weight is 540 g/mol. The van der Waals surface area contributed by atoms with Crippen LogP contribution in [0.25, 0.3) is 11.3 Å². The number of aryl methyl sites for hydroxylation is 1. The summed E-state index contributed by atoms with van der Waals surface area (Å²) >= 11 is 3.56. The monoisotopic (exact) mass is 540 g/mol. The summed E-state index contributed by atoms with van der Waals surface area (Å²) in [5, 5.41) is 3.56. The second-order valence-corrected chi connectivity index (χ2v) is 11.3. The van der Waals surface area contributed by atoms with E-state index >= 15 is 0 Å². The van der Waals surface area contributed by atoms with E-state index in [0.717, 1.165) is 52.8 Å². The molecule has 0 amide bonds.